The first-order valence-corrected chi connectivity index (χ1v) is 7.24. The van der Waals surface area contributed by atoms with Gasteiger partial charge in [0, 0.05) is 24.3 Å². The second kappa shape index (κ2) is 7.14. The minimum absolute atomic E-state index is 0.0185. The molecule has 0 aromatic heterocycles. The van der Waals surface area contributed by atoms with Gasteiger partial charge in [0.15, 0.2) is 0 Å². The van der Waals surface area contributed by atoms with E-state index in [0.717, 1.165) is 33.9 Å². The number of nitrogens with one attached hydrogen (secondary N) is 2. The second-order valence-electron chi connectivity index (χ2n) is 4.98. The van der Waals surface area contributed by atoms with Crippen molar-refractivity contribution >= 4 is 23.2 Å². The molecule has 2 aromatic rings. The molecule has 0 aliphatic carbocycles. The highest BCUT2D eigenvalue weighted by Crippen LogP contribution is 2.18. The van der Waals surface area contributed by atoms with Crippen LogP contribution in [0.5, 0.6) is 0 Å². The predicted molar refractivity (Wildman–Crippen MR) is 87.7 cm³/mol. The summed E-state index contributed by atoms with van der Waals surface area (Å²) in [7, 11) is 1.64. The highest BCUT2D eigenvalue weighted by Gasteiger charge is 2.01. The molecule has 110 valence electrons. The lowest BCUT2D eigenvalue weighted by molar-refractivity contribution is -0.119. The molecule has 2 rings (SSSR count). The summed E-state index contributed by atoms with van der Waals surface area (Å²) in [6, 6.07) is 13.9. The van der Waals surface area contributed by atoms with E-state index in [4.69, 9.17) is 11.6 Å². The normalized spacial score (nSPS) is 10.2. The number of rotatable bonds is 5. The Balaban J connectivity index is 1.94. The molecule has 0 saturated heterocycles. The smallest absolute Gasteiger partial charge is 0.224 e. The zero-order valence-corrected chi connectivity index (χ0v) is 13.0. The van der Waals surface area contributed by atoms with Gasteiger partial charge in [-0.05, 0) is 41.8 Å². The Morgan fingerprint density at radius 1 is 1.10 bits per heavy atom. The van der Waals surface area contributed by atoms with Crippen LogP contribution in [0, 0.1) is 6.92 Å². The summed E-state index contributed by atoms with van der Waals surface area (Å²) in [5.41, 5.74) is 4.24. The molecule has 3 nitrogen and oxygen atoms in total. The van der Waals surface area contributed by atoms with Gasteiger partial charge in [-0.15, -0.1) is 0 Å². The molecule has 0 bridgehead atoms. The number of carbonyl (C=O) groups excluding carboxylic acids is 1. The lowest BCUT2D eigenvalue weighted by Gasteiger charge is -2.09. The maximum atomic E-state index is 11.3. The highest BCUT2D eigenvalue weighted by atomic mass is 35.5. The molecule has 0 aliphatic heterocycles. The van der Waals surface area contributed by atoms with Crippen molar-refractivity contribution in [1.29, 1.82) is 0 Å². The number of benzene rings is 2. The third kappa shape index (κ3) is 4.50. The SMILES string of the molecule is CNC(=O)Cc1ccc(NCc2ccc(C)c(Cl)c2)cc1. The lowest BCUT2D eigenvalue weighted by Crippen LogP contribution is -2.19. The Bertz CT molecular complexity index is 623. The third-order valence-corrected chi connectivity index (χ3v) is 3.74. The zero-order chi connectivity index (χ0) is 15.2. The van der Waals surface area contributed by atoms with Crippen molar-refractivity contribution in [2.24, 2.45) is 0 Å². The summed E-state index contributed by atoms with van der Waals surface area (Å²) in [4.78, 5) is 11.3. The molecule has 0 unspecified atom stereocenters. The van der Waals surface area contributed by atoms with Crippen LogP contribution in [0.15, 0.2) is 42.5 Å². The molecule has 1 amide bonds. The maximum absolute atomic E-state index is 11.3. The van der Waals surface area contributed by atoms with Crippen molar-refractivity contribution in [3.05, 3.63) is 64.2 Å². The number of aryl methyl sites for hydroxylation is 1. The van der Waals surface area contributed by atoms with Crippen LogP contribution in [0.25, 0.3) is 0 Å². The van der Waals surface area contributed by atoms with Crippen molar-refractivity contribution in [2.75, 3.05) is 12.4 Å². The molecule has 0 fully saturated rings. The van der Waals surface area contributed by atoms with Gasteiger partial charge in [0.1, 0.15) is 0 Å². The Morgan fingerprint density at radius 2 is 1.76 bits per heavy atom. The molecule has 0 heterocycles. The molecule has 2 N–H and O–H groups in total. The number of carbonyl (C=O) groups is 1. The fourth-order valence-electron chi connectivity index (χ4n) is 1.96. The molecule has 0 atom stereocenters. The van der Waals surface area contributed by atoms with Gasteiger partial charge >= 0.3 is 0 Å². The molecule has 21 heavy (non-hydrogen) atoms. The molecule has 4 heteroatoms. The summed E-state index contributed by atoms with van der Waals surface area (Å²) < 4.78 is 0. The molecule has 0 radical (unpaired) electrons. The van der Waals surface area contributed by atoms with Crippen LogP contribution >= 0.6 is 11.6 Å². The molecule has 2 aromatic carbocycles. The summed E-state index contributed by atoms with van der Waals surface area (Å²) >= 11 is 6.11. The Kier molecular flexibility index (Phi) is 5.23. The van der Waals surface area contributed by atoms with E-state index in [1.54, 1.807) is 7.05 Å². The zero-order valence-electron chi connectivity index (χ0n) is 12.2. The summed E-state index contributed by atoms with van der Waals surface area (Å²) in [6.07, 6.45) is 0.407. The van der Waals surface area contributed by atoms with Gasteiger partial charge in [-0.25, -0.2) is 0 Å². The molecule has 0 saturated carbocycles. The Labute approximate surface area is 130 Å². The van der Waals surface area contributed by atoms with Gasteiger partial charge in [-0.3, -0.25) is 4.79 Å². The van der Waals surface area contributed by atoms with Gasteiger partial charge in [0.2, 0.25) is 5.91 Å². The van der Waals surface area contributed by atoms with E-state index >= 15 is 0 Å². The van der Waals surface area contributed by atoms with E-state index < -0.39 is 0 Å². The summed E-state index contributed by atoms with van der Waals surface area (Å²) in [6.45, 7) is 2.71. The number of amides is 1. The van der Waals surface area contributed by atoms with Crippen LogP contribution in [0.3, 0.4) is 0 Å². The minimum Gasteiger partial charge on any atom is -0.381 e. The first-order valence-electron chi connectivity index (χ1n) is 6.87. The maximum Gasteiger partial charge on any atom is 0.224 e. The second-order valence-corrected chi connectivity index (χ2v) is 5.39. The van der Waals surface area contributed by atoms with Gasteiger partial charge in [-0.2, -0.15) is 0 Å². The topological polar surface area (TPSA) is 41.1 Å². The van der Waals surface area contributed by atoms with E-state index in [1.165, 1.54) is 0 Å². The van der Waals surface area contributed by atoms with Crippen molar-refractivity contribution < 1.29 is 4.79 Å². The monoisotopic (exact) mass is 302 g/mol. The first kappa shape index (κ1) is 15.4. The number of halogens is 1. The fourth-order valence-corrected chi connectivity index (χ4v) is 2.17. The Morgan fingerprint density at radius 3 is 2.38 bits per heavy atom. The van der Waals surface area contributed by atoms with Crippen LogP contribution in [0.2, 0.25) is 5.02 Å². The van der Waals surface area contributed by atoms with E-state index in [2.05, 4.69) is 16.7 Å². The molecular formula is C17H19ClN2O. The van der Waals surface area contributed by atoms with Crippen molar-refractivity contribution in [3.63, 3.8) is 0 Å². The number of hydrogen-bond donors (Lipinski definition) is 2. The first-order chi connectivity index (χ1) is 10.1. The standard InChI is InChI=1S/C17H19ClN2O/c1-12-3-4-14(9-16(12)18)11-20-15-7-5-13(6-8-15)10-17(21)19-2/h3-9,20H,10-11H2,1-2H3,(H,19,21). The highest BCUT2D eigenvalue weighted by molar-refractivity contribution is 6.31. The average Bonchev–Trinajstić information content (AvgIpc) is 2.50. The van der Waals surface area contributed by atoms with E-state index in [-0.39, 0.29) is 5.91 Å². The van der Waals surface area contributed by atoms with Crippen LogP contribution < -0.4 is 10.6 Å². The average molecular weight is 303 g/mol. The largest absolute Gasteiger partial charge is 0.381 e. The minimum atomic E-state index is 0.0185. The van der Waals surface area contributed by atoms with Crippen LogP contribution in [0.1, 0.15) is 16.7 Å². The number of likely N-dealkylation sites (N-methyl/N-ethyl adjacent to an activating group) is 1. The fraction of sp³-hybridized carbons (Fsp3) is 0.235. The molecule has 0 aliphatic rings. The third-order valence-electron chi connectivity index (χ3n) is 3.33. The van der Waals surface area contributed by atoms with Gasteiger partial charge in [0.05, 0.1) is 6.42 Å². The van der Waals surface area contributed by atoms with Gasteiger partial charge in [0.25, 0.3) is 0 Å². The number of hydrogen-bond acceptors (Lipinski definition) is 2. The molecular weight excluding hydrogens is 284 g/mol. The Hall–Kier alpha value is -2.00. The van der Waals surface area contributed by atoms with E-state index in [0.29, 0.717) is 6.42 Å². The van der Waals surface area contributed by atoms with Crippen LogP contribution in [-0.2, 0) is 17.8 Å². The van der Waals surface area contributed by atoms with Crippen LogP contribution in [-0.4, -0.2) is 13.0 Å². The van der Waals surface area contributed by atoms with E-state index in [9.17, 15) is 4.79 Å². The van der Waals surface area contributed by atoms with Crippen molar-refractivity contribution in [3.8, 4) is 0 Å². The van der Waals surface area contributed by atoms with Gasteiger partial charge in [-0.1, -0.05) is 35.9 Å². The predicted octanol–water partition coefficient (Wildman–Crippen LogP) is 3.55. The summed E-state index contributed by atoms with van der Waals surface area (Å²) in [5.74, 6) is 0.0185. The molecule has 0 spiro atoms. The summed E-state index contributed by atoms with van der Waals surface area (Å²) in [5, 5.41) is 6.75. The number of anilines is 1. The quantitative estimate of drug-likeness (QED) is 0.887. The van der Waals surface area contributed by atoms with Gasteiger partial charge < -0.3 is 10.6 Å². The van der Waals surface area contributed by atoms with Crippen molar-refractivity contribution in [2.45, 2.75) is 19.9 Å². The van der Waals surface area contributed by atoms with E-state index in [1.807, 2.05) is 43.3 Å². The van der Waals surface area contributed by atoms with Crippen LogP contribution in [0.4, 0.5) is 5.69 Å². The lowest BCUT2D eigenvalue weighted by atomic mass is 10.1. The van der Waals surface area contributed by atoms with Crippen molar-refractivity contribution in [1.82, 2.24) is 5.32 Å².